The maximum absolute atomic E-state index is 15.2. The summed E-state index contributed by atoms with van der Waals surface area (Å²) in [5.74, 6) is -11.1. The lowest BCUT2D eigenvalue weighted by Gasteiger charge is -2.31. The van der Waals surface area contributed by atoms with Crippen molar-refractivity contribution in [1.29, 1.82) is 0 Å². The monoisotopic (exact) mass is 966 g/mol. The Labute approximate surface area is 394 Å². The largest absolute Gasteiger partial charge is 0.377 e. The van der Waals surface area contributed by atoms with Crippen LogP contribution >= 0.6 is 0 Å². The number of imidazole rings is 2. The third kappa shape index (κ3) is 8.95. The van der Waals surface area contributed by atoms with E-state index in [2.05, 4.69) is 30.1 Å². The fraction of sp³-hybridized carbons (Fsp3) is 0.240. The molecule has 70 heavy (non-hydrogen) atoms. The normalized spacial score (nSPS) is 18.1. The molecule has 0 saturated heterocycles. The molecule has 0 spiro atoms. The van der Waals surface area contributed by atoms with Crippen molar-refractivity contribution in [2.75, 3.05) is 0 Å². The van der Waals surface area contributed by atoms with Crippen LogP contribution in [0.15, 0.2) is 85.7 Å². The molecule has 8 aromatic rings. The lowest BCUT2D eigenvalue weighted by atomic mass is 9.86. The van der Waals surface area contributed by atoms with Crippen LogP contribution in [0.25, 0.3) is 35.2 Å². The SMILES string of the molecule is Cc1cn(-c2ccc(/C=C(\F)c3nc4n(n3)CCC[C@@]4(O)c3cc(F)c(F)c(F)c3)cc2C)cn1.Cc1cn(-c2ccc(/C=C(\F)c3nc4n(n3)CCC[C@]4(O)c3cc(F)c(F)c(F)c3)cc2C)cn1. The van der Waals surface area contributed by atoms with Crippen molar-refractivity contribution in [3.63, 3.8) is 0 Å². The molecule has 0 amide bonds. The Bertz CT molecular complexity index is 3120. The van der Waals surface area contributed by atoms with Crippen LogP contribution in [-0.2, 0) is 24.3 Å². The molecular weight excluding hydrogens is 925 g/mol. The Kier molecular flexibility index (Phi) is 12.5. The van der Waals surface area contributed by atoms with E-state index in [1.165, 1.54) is 21.5 Å². The molecule has 6 heterocycles. The van der Waals surface area contributed by atoms with Gasteiger partial charge in [-0.2, -0.15) is 0 Å². The number of aromatic nitrogens is 10. The van der Waals surface area contributed by atoms with Gasteiger partial charge in [-0.15, -0.1) is 10.2 Å². The lowest BCUT2D eigenvalue weighted by molar-refractivity contribution is 0.0385. The first-order valence-corrected chi connectivity index (χ1v) is 21.9. The van der Waals surface area contributed by atoms with Crippen LogP contribution < -0.4 is 0 Å². The third-order valence-electron chi connectivity index (χ3n) is 12.3. The third-order valence-corrected chi connectivity index (χ3v) is 12.3. The van der Waals surface area contributed by atoms with Gasteiger partial charge in [-0.3, -0.25) is 0 Å². The highest BCUT2D eigenvalue weighted by atomic mass is 19.2. The highest BCUT2D eigenvalue weighted by molar-refractivity contribution is 5.75. The van der Waals surface area contributed by atoms with E-state index in [0.717, 1.165) is 58.2 Å². The number of rotatable bonds is 8. The zero-order chi connectivity index (χ0) is 49.8. The molecule has 0 saturated carbocycles. The van der Waals surface area contributed by atoms with Gasteiger partial charge in [0.05, 0.1) is 24.0 Å². The molecule has 0 unspecified atom stereocenters. The molecular formula is C50H42F8N10O2. The maximum Gasteiger partial charge on any atom is 0.210 e. The topological polar surface area (TPSA) is 138 Å². The average Bonchev–Trinajstić information content (AvgIpc) is 4.15. The van der Waals surface area contributed by atoms with E-state index >= 15 is 8.78 Å². The molecule has 2 aliphatic heterocycles. The van der Waals surface area contributed by atoms with Crippen LogP contribution in [0.3, 0.4) is 0 Å². The van der Waals surface area contributed by atoms with Crippen molar-refractivity contribution in [3.05, 3.63) is 189 Å². The van der Waals surface area contributed by atoms with Gasteiger partial charge in [0, 0.05) is 36.9 Å². The van der Waals surface area contributed by atoms with Crippen molar-refractivity contribution in [2.24, 2.45) is 0 Å². The van der Waals surface area contributed by atoms with Crippen LogP contribution in [0.5, 0.6) is 0 Å². The molecule has 2 atom stereocenters. The number of benzene rings is 4. The number of fused-ring (bicyclic) bond motifs is 2. The summed E-state index contributed by atoms with van der Waals surface area (Å²) in [4.78, 5) is 16.7. The second-order valence-electron chi connectivity index (χ2n) is 17.3. The zero-order valence-electron chi connectivity index (χ0n) is 37.9. The highest BCUT2D eigenvalue weighted by Gasteiger charge is 2.42. The summed E-state index contributed by atoms with van der Waals surface area (Å²) in [5.41, 5.74) is 2.20. The van der Waals surface area contributed by atoms with Crippen LogP contribution in [0.1, 0.15) is 93.7 Å². The van der Waals surface area contributed by atoms with Gasteiger partial charge < -0.3 is 19.3 Å². The molecule has 2 N–H and O–H groups in total. The molecule has 0 aliphatic carbocycles. The quantitative estimate of drug-likeness (QED) is 0.113. The van der Waals surface area contributed by atoms with Gasteiger partial charge in [-0.1, -0.05) is 12.1 Å². The van der Waals surface area contributed by atoms with Crippen molar-refractivity contribution in [3.8, 4) is 11.4 Å². The summed E-state index contributed by atoms with van der Waals surface area (Å²) >= 11 is 0. The van der Waals surface area contributed by atoms with Gasteiger partial charge in [-0.25, -0.2) is 64.4 Å². The van der Waals surface area contributed by atoms with Crippen molar-refractivity contribution >= 4 is 23.8 Å². The first-order chi connectivity index (χ1) is 33.3. The van der Waals surface area contributed by atoms with E-state index in [9.17, 15) is 36.6 Å². The Morgan fingerprint density at radius 2 is 0.929 bits per heavy atom. The molecule has 12 nitrogen and oxygen atoms in total. The number of aryl methyl sites for hydroxylation is 6. The number of aliphatic hydroxyl groups is 2. The standard InChI is InChI=1S/2C25H21F4N5O/c2*1-14-8-16(4-5-21(14)33-12-15(2)30-13-33)9-20(28)23-31-24-25(35,6-3-7-34(24)32-23)17-10-18(26)22(29)19(27)11-17/h2*4-5,8-13,35H,3,6-7H2,1-2H3/b2*20-9-/t2*25-/m10/s1. The molecule has 0 radical (unpaired) electrons. The molecule has 0 bridgehead atoms. The van der Waals surface area contributed by atoms with E-state index in [-0.39, 0.29) is 47.3 Å². The Morgan fingerprint density at radius 3 is 1.26 bits per heavy atom. The molecule has 0 fully saturated rings. The van der Waals surface area contributed by atoms with Crippen LogP contribution in [0.2, 0.25) is 0 Å². The number of halogens is 8. The predicted octanol–water partition coefficient (Wildman–Crippen LogP) is 9.99. The van der Waals surface area contributed by atoms with Crippen molar-refractivity contribution in [1.82, 2.24) is 48.6 Å². The second kappa shape index (κ2) is 18.4. The van der Waals surface area contributed by atoms with Crippen LogP contribution in [0.4, 0.5) is 35.1 Å². The number of nitrogens with zero attached hydrogens (tertiary/aromatic N) is 10. The minimum atomic E-state index is -1.94. The molecule has 4 aromatic carbocycles. The Hall–Kier alpha value is -7.58. The van der Waals surface area contributed by atoms with E-state index in [1.807, 2.05) is 61.4 Å². The molecule has 2 aliphatic rings. The summed E-state index contributed by atoms with van der Waals surface area (Å²) in [6.45, 7) is 8.24. The van der Waals surface area contributed by atoms with E-state index in [0.29, 0.717) is 37.1 Å². The van der Waals surface area contributed by atoms with Gasteiger partial charge in [-0.05, 0) is 147 Å². The van der Waals surface area contributed by atoms with Crippen LogP contribution in [0, 0.1) is 62.6 Å². The molecule has 20 heteroatoms. The smallest absolute Gasteiger partial charge is 0.210 e. The first kappa shape index (κ1) is 47.5. The van der Waals surface area contributed by atoms with Crippen molar-refractivity contribution in [2.45, 2.75) is 77.7 Å². The Morgan fingerprint density at radius 1 is 0.557 bits per heavy atom. The fourth-order valence-corrected chi connectivity index (χ4v) is 8.78. The summed E-state index contributed by atoms with van der Waals surface area (Å²) in [6.07, 6.45) is 10.6. The van der Waals surface area contributed by atoms with E-state index < -0.39 is 57.8 Å². The van der Waals surface area contributed by atoms with Crippen molar-refractivity contribution < 1.29 is 45.3 Å². The van der Waals surface area contributed by atoms with Gasteiger partial charge in [0.1, 0.15) is 11.2 Å². The van der Waals surface area contributed by atoms with Gasteiger partial charge in [0.2, 0.25) is 11.6 Å². The minimum absolute atomic E-state index is 0.0604. The lowest BCUT2D eigenvalue weighted by Crippen LogP contribution is -2.36. The molecule has 4 aromatic heterocycles. The first-order valence-electron chi connectivity index (χ1n) is 21.9. The summed E-state index contributed by atoms with van der Waals surface area (Å²) < 4.78 is 119. The minimum Gasteiger partial charge on any atom is -0.377 e. The van der Waals surface area contributed by atoms with Crippen LogP contribution in [-0.4, -0.2) is 58.8 Å². The summed E-state index contributed by atoms with van der Waals surface area (Å²) in [7, 11) is 0. The van der Waals surface area contributed by atoms with Gasteiger partial charge >= 0.3 is 0 Å². The second-order valence-corrected chi connectivity index (χ2v) is 17.3. The van der Waals surface area contributed by atoms with E-state index in [4.69, 9.17) is 0 Å². The predicted molar refractivity (Wildman–Crippen MR) is 241 cm³/mol. The Balaban J connectivity index is 0.000000174. The van der Waals surface area contributed by atoms with Gasteiger partial charge in [0.15, 0.2) is 58.2 Å². The number of hydrogen-bond donors (Lipinski definition) is 2. The number of hydrogen-bond acceptors (Lipinski definition) is 8. The summed E-state index contributed by atoms with van der Waals surface area (Å²) in [5, 5.41) is 30.8. The maximum atomic E-state index is 15.2. The summed E-state index contributed by atoms with van der Waals surface area (Å²) in [6, 6.07) is 13.7. The molecule has 360 valence electrons. The highest BCUT2D eigenvalue weighted by Crippen LogP contribution is 2.40. The van der Waals surface area contributed by atoms with E-state index in [1.54, 1.807) is 36.9 Å². The van der Waals surface area contributed by atoms with Gasteiger partial charge in [0.25, 0.3) is 0 Å². The molecule has 10 rings (SSSR count). The average molecular weight is 967 g/mol. The zero-order valence-corrected chi connectivity index (χ0v) is 37.9. The fourth-order valence-electron chi connectivity index (χ4n) is 8.78.